The van der Waals surface area contributed by atoms with Crippen LogP contribution in [0.2, 0.25) is 5.32 Å². The minimum absolute atomic E-state index is 0.124. The van der Waals surface area contributed by atoms with Gasteiger partial charge in [0.25, 0.3) is 0 Å². The average molecular weight is 526 g/mol. The van der Waals surface area contributed by atoms with E-state index in [-0.39, 0.29) is 10.2 Å². The van der Waals surface area contributed by atoms with Gasteiger partial charge in [-0.25, -0.2) is 0 Å². The summed E-state index contributed by atoms with van der Waals surface area (Å²) in [6, 6.07) is 23.5. The number of hydrogen-bond donors (Lipinski definition) is 0. The SMILES string of the molecule is COc1ccc(C2(CC(c3ccccc3)c3c(OC)cc(OC)cc3OC)CCCC[Se]2)cc1. The first-order valence-corrected chi connectivity index (χ1v) is 13.8. The number of ether oxygens (including phenoxy) is 4. The molecule has 4 rings (SSSR count). The molecule has 0 amide bonds. The van der Waals surface area contributed by atoms with Gasteiger partial charge < -0.3 is 0 Å². The molecule has 0 aliphatic carbocycles. The first-order chi connectivity index (χ1) is 16.6. The van der Waals surface area contributed by atoms with Crippen LogP contribution in [0.1, 0.15) is 48.3 Å². The molecule has 5 heteroatoms. The topological polar surface area (TPSA) is 36.9 Å². The minimum atomic E-state index is 0.124. The van der Waals surface area contributed by atoms with E-state index in [4.69, 9.17) is 18.9 Å². The first-order valence-electron chi connectivity index (χ1n) is 11.8. The van der Waals surface area contributed by atoms with Gasteiger partial charge in [0.15, 0.2) is 0 Å². The molecule has 0 saturated carbocycles. The maximum absolute atomic E-state index is 5.92. The van der Waals surface area contributed by atoms with Crippen LogP contribution < -0.4 is 18.9 Å². The summed E-state index contributed by atoms with van der Waals surface area (Å²) in [6.45, 7) is 0. The predicted octanol–water partition coefficient (Wildman–Crippen LogP) is 6.44. The van der Waals surface area contributed by atoms with Crippen LogP contribution in [-0.4, -0.2) is 43.4 Å². The van der Waals surface area contributed by atoms with Gasteiger partial charge in [-0.1, -0.05) is 0 Å². The van der Waals surface area contributed by atoms with Gasteiger partial charge >= 0.3 is 210 Å². The van der Waals surface area contributed by atoms with E-state index < -0.39 is 0 Å². The Hall–Kier alpha value is -2.62. The van der Waals surface area contributed by atoms with E-state index in [1.807, 2.05) is 12.1 Å². The van der Waals surface area contributed by atoms with Crippen LogP contribution in [0.25, 0.3) is 0 Å². The van der Waals surface area contributed by atoms with Gasteiger partial charge in [-0.2, -0.15) is 0 Å². The summed E-state index contributed by atoms with van der Waals surface area (Å²) in [5.41, 5.74) is 3.78. The van der Waals surface area contributed by atoms with Crippen molar-refractivity contribution in [3.63, 3.8) is 0 Å². The second kappa shape index (κ2) is 11.2. The summed E-state index contributed by atoms with van der Waals surface area (Å²) in [7, 11) is 6.85. The first kappa shape index (κ1) is 24.5. The van der Waals surface area contributed by atoms with Crippen molar-refractivity contribution in [1.82, 2.24) is 0 Å². The van der Waals surface area contributed by atoms with Crippen molar-refractivity contribution in [2.24, 2.45) is 0 Å². The van der Waals surface area contributed by atoms with Gasteiger partial charge in [0, 0.05) is 0 Å². The quantitative estimate of drug-likeness (QED) is 0.301. The Labute approximate surface area is 209 Å². The third kappa shape index (κ3) is 5.06. The van der Waals surface area contributed by atoms with Crippen LogP contribution in [0, 0.1) is 0 Å². The summed E-state index contributed by atoms with van der Waals surface area (Å²) in [5.74, 6) is 3.37. The summed E-state index contributed by atoms with van der Waals surface area (Å²) >= 11 is 0.486. The van der Waals surface area contributed by atoms with Gasteiger partial charge in [0.05, 0.1) is 0 Å². The second-order valence-electron chi connectivity index (χ2n) is 8.64. The molecule has 0 spiro atoms. The number of methoxy groups -OCH3 is 4. The van der Waals surface area contributed by atoms with Gasteiger partial charge in [-0.3, -0.25) is 0 Å². The van der Waals surface area contributed by atoms with Crippen LogP contribution in [0.5, 0.6) is 23.0 Å². The number of benzene rings is 3. The van der Waals surface area contributed by atoms with E-state index in [0.717, 1.165) is 35.0 Å². The van der Waals surface area contributed by atoms with Crippen molar-refractivity contribution in [3.05, 3.63) is 83.4 Å². The zero-order chi connectivity index (χ0) is 24.0. The van der Waals surface area contributed by atoms with Crippen LogP contribution in [-0.2, 0) is 4.31 Å². The van der Waals surface area contributed by atoms with E-state index >= 15 is 0 Å². The van der Waals surface area contributed by atoms with Crippen LogP contribution >= 0.6 is 0 Å². The van der Waals surface area contributed by atoms with E-state index in [1.165, 1.54) is 35.7 Å². The zero-order valence-corrected chi connectivity index (χ0v) is 22.2. The Morgan fingerprint density at radius 1 is 0.765 bits per heavy atom. The third-order valence-corrected chi connectivity index (χ3v) is 10.3. The molecule has 1 heterocycles. The van der Waals surface area contributed by atoms with Crippen molar-refractivity contribution in [1.29, 1.82) is 0 Å². The van der Waals surface area contributed by atoms with Crippen molar-refractivity contribution in [2.75, 3.05) is 28.4 Å². The normalized spacial score (nSPS) is 18.7. The molecule has 1 fully saturated rings. The molecule has 0 bridgehead atoms. The van der Waals surface area contributed by atoms with E-state index in [1.54, 1.807) is 28.4 Å². The molecular weight excluding hydrogens is 491 g/mol. The Morgan fingerprint density at radius 2 is 1.41 bits per heavy atom. The molecule has 1 aliphatic heterocycles. The molecule has 1 aliphatic rings. The molecule has 1 saturated heterocycles. The Kier molecular flexibility index (Phi) is 8.07. The standard InChI is InChI=1S/C29H34O4Se/c1-30-23-14-12-22(13-15-23)29(16-8-9-17-34-29)20-25(21-10-6-5-7-11-21)28-26(32-3)18-24(31-2)19-27(28)33-4/h5-7,10-15,18-19,25H,8-9,16-17,20H2,1-4H3. The Balaban J connectivity index is 1.86. The molecule has 3 aromatic carbocycles. The molecule has 2 atom stereocenters. The molecule has 180 valence electrons. The summed E-state index contributed by atoms with van der Waals surface area (Å²) in [4.78, 5) is 0. The van der Waals surface area contributed by atoms with Gasteiger partial charge in [0.2, 0.25) is 0 Å². The summed E-state index contributed by atoms with van der Waals surface area (Å²) in [5, 5.41) is 1.30. The molecule has 0 aromatic heterocycles. The van der Waals surface area contributed by atoms with E-state index in [9.17, 15) is 0 Å². The fourth-order valence-electron chi connectivity index (χ4n) is 5.03. The predicted molar refractivity (Wildman–Crippen MR) is 138 cm³/mol. The molecule has 0 radical (unpaired) electrons. The van der Waals surface area contributed by atoms with Gasteiger partial charge in [0.1, 0.15) is 0 Å². The Bertz CT molecular complexity index is 1030. The summed E-state index contributed by atoms with van der Waals surface area (Å²) < 4.78 is 23.0. The van der Waals surface area contributed by atoms with Crippen LogP contribution in [0.3, 0.4) is 0 Å². The van der Waals surface area contributed by atoms with E-state index in [2.05, 4.69) is 54.6 Å². The van der Waals surface area contributed by atoms with Crippen molar-refractivity contribution >= 4 is 15.0 Å². The van der Waals surface area contributed by atoms with Crippen LogP contribution in [0.15, 0.2) is 66.7 Å². The van der Waals surface area contributed by atoms with Crippen molar-refractivity contribution in [3.8, 4) is 23.0 Å². The number of rotatable bonds is 9. The zero-order valence-electron chi connectivity index (χ0n) is 20.5. The summed E-state index contributed by atoms with van der Waals surface area (Å²) in [6.07, 6.45) is 4.78. The van der Waals surface area contributed by atoms with Crippen molar-refractivity contribution < 1.29 is 18.9 Å². The fourth-order valence-corrected chi connectivity index (χ4v) is 8.42. The molecule has 0 N–H and O–H groups in total. The molecule has 3 aromatic rings. The fraction of sp³-hybridized carbons (Fsp3) is 0.379. The Morgan fingerprint density at radius 3 is 1.94 bits per heavy atom. The maximum atomic E-state index is 5.92. The third-order valence-electron chi connectivity index (χ3n) is 6.81. The van der Waals surface area contributed by atoms with Crippen LogP contribution in [0.4, 0.5) is 0 Å². The monoisotopic (exact) mass is 526 g/mol. The van der Waals surface area contributed by atoms with Crippen molar-refractivity contribution in [2.45, 2.75) is 41.2 Å². The van der Waals surface area contributed by atoms with E-state index in [0.29, 0.717) is 15.0 Å². The second-order valence-corrected chi connectivity index (χ2v) is 11.7. The average Bonchev–Trinajstić information content (AvgIpc) is 2.92. The molecule has 4 nitrogen and oxygen atoms in total. The molecular formula is C29H34O4Se. The van der Waals surface area contributed by atoms with Gasteiger partial charge in [-0.05, 0) is 0 Å². The number of hydrogen-bond acceptors (Lipinski definition) is 4. The van der Waals surface area contributed by atoms with Gasteiger partial charge in [-0.15, -0.1) is 0 Å². The molecule has 34 heavy (non-hydrogen) atoms. The molecule has 2 unspecified atom stereocenters.